The molecule has 3 aromatic rings. The van der Waals surface area contributed by atoms with Crippen LogP contribution >= 0.6 is 11.8 Å². The van der Waals surface area contributed by atoms with Crippen molar-refractivity contribution in [2.45, 2.75) is 58.0 Å². The number of aryl methyl sites for hydroxylation is 1. The highest BCUT2D eigenvalue weighted by molar-refractivity contribution is 7.99. The molecule has 1 heterocycles. The quantitative estimate of drug-likeness (QED) is 0.245. The number of aromatic nitrogens is 3. The van der Waals surface area contributed by atoms with Gasteiger partial charge in [0.15, 0.2) is 11.0 Å². The lowest BCUT2D eigenvalue weighted by atomic mass is 10.2. The van der Waals surface area contributed by atoms with Crippen molar-refractivity contribution in [1.82, 2.24) is 19.7 Å². The Bertz CT molecular complexity index is 963. The number of thioether (sulfide) groups is 1. The second kappa shape index (κ2) is 12.4. The zero-order valence-electron chi connectivity index (χ0n) is 19.5. The van der Waals surface area contributed by atoms with Crippen molar-refractivity contribution in [2.75, 3.05) is 18.8 Å². The van der Waals surface area contributed by atoms with E-state index in [1.54, 1.807) is 11.8 Å². The largest absolute Gasteiger partial charge is 0.343 e. The number of rotatable bonds is 12. The van der Waals surface area contributed by atoms with E-state index >= 15 is 0 Å². The Morgan fingerprint density at radius 1 is 0.938 bits per heavy atom. The van der Waals surface area contributed by atoms with Gasteiger partial charge in [0.05, 0.1) is 0 Å². The van der Waals surface area contributed by atoms with Gasteiger partial charge in [0.25, 0.3) is 0 Å². The van der Waals surface area contributed by atoms with E-state index in [4.69, 9.17) is 0 Å². The van der Waals surface area contributed by atoms with Crippen LogP contribution in [0.3, 0.4) is 0 Å². The minimum Gasteiger partial charge on any atom is -0.343 e. The van der Waals surface area contributed by atoms with Crippen molar-refractivity contribution < 1.29 is 4.79 Å². The average molecular weight is 451 g/mol. The molecule has 2 aromatic carbocycles. The highest BCUT2D eigenvalue weighted by atomic mass is 32.2. The van der Waals surface area contributed by atoms with E-state index < -0.39 is 0 Å². The van der Waals surface area contributed by atoms with Crippen LogP contribution in [-0.2, 0) is 4.79 Å². The molecule has 0 aliphatic rings. The molecule has 0 fully saturated rings. The van der Waals surface area contributed by atoms with Gasteiger partial charge >= 0.3 is 0 Å². The zero-order valence-corrected chi connectivity index (χ0v) is 20.3. The van der Waals surface area contributed by atoms with E-state index in [1.807, 2.05) is 23.1 Å². The molecule has 6 heteroatoms. The van der Waals surface area contributed by atoms with Gasteiger partial charge in [-0.1, -0.05) is 73.6 Å². The molecule has 0 spiro atoms. The third kappa shape index (κ3) is 6.45. The fraction of sp³-hybridized carbons (Fsp3) is 0.423. The monoisotopic (exact) mass is 450 g/mol. The molecular weight excluding hydrogens is 416 g/mol. The van der Waals surface area contributed by atoms with Crippen molar-refractivity contribution >= 4 is 17.7 Å². The predicted molar refractivity (Wildman–Crippen MR) is 133 cm³/mol. The molecule has 32 heavy (non-hydrogen) atoms. The lowest BCUT2D eigenvalue weighted by Crippen LogP contribution is -2.32. The molecular formula is C26H34N4OS. The number of carbonyl (C=O) groups is 1. The van der Waals surface area contributed by atoms with Crippen molar-refractivity contribution in [3.05, 3.63) is 60.2 Å². The SMILES string of the molecule is CCCN(CCC)C(=O)CCCCSc1nnc(-c2ccccc2)n1-c1ccc(C)cc1. The summed E-state index contributed by atoms with van der Waals surface area (Å²) >= 11 is 1.71. The molecule has 0 atom stereocenters. The van der Waals surface area contributed by atoms with Crippen molar-refractivity contribution in [3.63, 3.8) is 0 Å². The molecule has 0 saturated heterocycles. The Labute approximate surface area is 196 Å². The number of unbranched alkanes of at least 4 members (excludes halogenated alkanes) is 1. The summed E-state index contributed by atoms with van der Waals surface area (Å²) in [7, 11) is 0. The van der Waals surface area contributed by atoms with E-state index in [0.29, 0.717) is 6.42 Å². The normalized spacial score (nSPS) is 11.0. The number of hydrogen-bond acceptors (Lipinski definition) is 4. The van der Waals surface area contributed by atoms with Gasteiger partial charge in [0.2, 0.25) is 5.91 Å². The van der Waals surface area contributed by atoms with Crippen LogP contribution in [0.1, 0.15) is 51.5 Å². The van der Waals surface area contributed by atoms with Crippen molar-refractivity contribution in [1.29, 1.82) is 0 Å². The number of carbonyl (C=O) groups excluding carboxylic acids is 1. The molecule has 0 aliphatic carbocycles. The average Bonchev–Trinajstić information content (AvgIpc) is 3.23. The first-order valence-corrected chi connectivity index (χ1v) is 12.6. The minimum atomic E-state index is 0.285. The first-order chi connectivity index (χ1) is 15.6. The second-order valence-electron chi connectivity index (χ2n) is 8.03. The molecule has 0 unspecified atom stereocenters. The van der Waals surface area contributed by atoms with Crippen LogP contribution in [0, 0.1) is 6.92 Å². The molecule has 0 radical (unpaired) electrons. The molecule has 0 N–H and O–H groups in total. The van der Waals surface area contributed by atoms with Crippen LogP contribution in [0.2, 0.25) is 0 Å². The first-order valence-electron chi connectivity index (χ1n) is 11.6. The van der Waals surface area contributed by atoms with Gasteiger partial charge in [0, 0.05) is 36.5 Å². The van der Waals surface area contributed by atoms with Crippen LogP contribution in [0.4, 0.5) is 0 Å². The number of amides is 1. The number of hydrogen-bond donors (Lipinski definition) is 0. The van der Waals surface area contributed by atoms with E-state index in [1.165, 1.54) is 5.56 Å². The fourth-order valence-electron chi connectivity index (χ4n) is 3.67. The standard InChI is InChI=1S/C26H34N4OS/c1-4-18-29(19-5-2)24(31)13-9-10-20-32-26-28-27-25(22-11-7-6-8-12-22)30(26)23-16-14-21(3)15-17-23/h6-8,11-12,14-17H,4-5,9-10,13,18-20H2,1-3H3. The minimum absolute atomic E-state index is 0.285. The Hall–Kier alpha value is -2.60. The van der Waals surface area contributed by atoms with Crippen molar-refractivity contribution in [2.24, 2.45) is 0 Å². The summed E-state index contributed by atoms with van der Waals surface area (Å²) in [6, 6.07) is 18.6. The van der Waals surface area contributed by atoms with Gasteiger partial charge in [-0.15, -0.1) is 10.2 Å². The van der Waals surface area contributed by atoms with Gasteiger partial charge in [0.1, 0.15) is 0 Å². The summed E-state index contributed by atoms with van der Waals surface area (Å²) in [5.74, 6) is 2.04. The highest BCUT2D eigenvalue weighted by Crippen LogP contribution is 2.28. The Morgan fingerprint density at radius 2 is 1.62 bits per heavy atom. The number of benzene rings is 2. The molecule has 1 aromatic heterocycles. The third-order valence-electron chi connectivity index (χ3n) is 5.31. The lowest BCUT2D eigenvalue weighted by Gasteiger charge is -2.21. The summed E-state index contributed by atoms with van der Waals surface area (Å²) in [6.45, 7) is 8.07. The fourth-order valence-corrected chi connectivity index (χ4v) is 4.62. The summed E-state index contributed by atoms with van der Waals surface area (Å²) in [4.78, 5) is 14.5. The summed E-state index contributed by atoms with van der Waals surface area (Å²) < 4.78 is 2.13. The van der Waals surface area contributed by atoms with Crippen LogP contribution in [0.25, 0.3) is 17.1 Å². The Morgan fingerprint density at radius 3 is 2.28 bits per heavy atom. The molecule has 0 saturated carbocycles. The van der Waals surface area contributed by atoms with E-state index in [9.17, 15) is 4.79 Å². The summed E-state index contributed by atoms with van der Waals surface area (Å²) in [5.41, 5.74) is 3.33. The maximum atomic E-state index is 12.5. The smallest absolute Gasteiger partial charge is 0.222 e. The first kappa shape index (κ1) is 24.1. The maximum absolute atomic E-state index is 12.5. The van der Waals surface area contributed by atoms with Gasteiger partial charge in [-0.3, -0.25) is 9.36 Å². The van der Waals surface area contributed by atoms with Gasteiger partial charge in [-0.2, -0.15) is 0 Å². The molecule has 5 nitrogen and oxygen atoms in total. The van der Waals surface area contributed by atoms with E-state index in [-0.39, 0.29) is 5.91 Å². The van der Waals surface area contributed by atoms with Crippen LogP contribution in [0.15, 0.2) is 59.8 Å². The summed E-state index contributed by atoms with van der Waals surface area (Å²) in [5, 5.41) is 9.90. The number of nitrogens with zero attached hydrogens (tertiary/aromatic N) is 4. The molecule has 1 amide bonds. The third-order valence-corrected chi connectivity index (χ3v) is 6.33. The zero-order chi connectivity index (χ0) is 22.8. The van der Waals surface area contributed by atoms with E-state index in [0.717, 1.165) is 66.8 Å². The van der Waals surface area contributed by atoms with Crippen LogP contribution in [-0.4, -0.2) is 44.4 Å². The Balaban J connectivity index is 1.65. The van der Waals surface area contributed by atoms with Crippen molar-refractivity contribution in [3.8, 4) is 17.1 Å². The van der Waals surface area contributed by atoms with Crippen LogP contribution < -0.4 is 0 Å². The molecule has 3 rings (SSSR count). The molecule has 170 valence electrons. The van der Waals surface area contributed by atoms with Gasteiger partial charge in [-0.05, 0) is 44.7 Å². The maximum Gasteiger partial charge on any atom is 0.222 e. The molecule has 0 aliphatic heterocycles. The lowest BCUT2D eigenvalue weighted by molar-refractivity contribution is -0.131. The summed E-state index contributed by atoms with van der Waals surface area (Å²) in [6.07, 6.45) is 4.53. The van der Waals surface area contributed by atoms with Gasteiger partial charge < -0.3 is 4.90 Å². The predicted octanol–water partition coefficient (Wildman–Crippen LogP) is 6.15. The van der Waals surface area contributed by atoms with E-state index in [2.05, 4.69) is 71.9 Å². The highest BCUT2D eigenvalue weighted by Gasteiger charge is 2.16. The topological polar surface area (TPSA) is 51.0 Å². The second-order valence-corrected chi connectivity index (χ2v) is 9.09. The van der Waals surface area contributed by atoms with Crippen LogP contribution in [0.5, 0.6) is 0 Å². The van der Waals surface area contributed by atoms with Gasteiger partial charge in [-0.25, -0.2) is 0 Å². The Kier molecular flexibility index (Phi) is 9.35. The molecule has 0 bridgehead atoms.